The molecule has 0 aliphatic carbocycles. The van der Waals surface area contributed by atoms with E-state index < -0.39 is 0 Å². The summed E-state index contributed by atoms with van der Waals surface area (Å²) in [6.45, 7) is 5.93. The molecule has 0 heterocycles. The second-order valence-corrected chi connectivity index (χ2v) is 6.28. The molecule has 0 radical (unpaired) electrons. The lowest BCUT2D eigenvalue weighted by Gasteiger charge is -2.17. The van der Waals surface area contributed by atoms with Crippen LogP contribution in [0, 0.1) is 0 Å². The number of rotatable bonds is 10. The fourth-order valence-electron chi connectivity index (χ4n) is 0.997. The van der Waals surface area contributed by atoms with E-state index in [9.17, 15) is 9.59 Å². The van der Waals surface area contributed by atoms with E-state index >= 15 is 0 Å². The number of amides is 2. The third kappa shape index (κ3) is 15.6. The van der Waals surface area contributed by atoms with Crippen molar-refractivity contribution in [3.8, 4) is 0 Å². The van der Waals surface area contributed by atoms with Gasteiger partial charge in [-0.3, -0.25) is 9.59 Å². The van der Waals surface area contributed by atoms with Gasteiger partial charge in [0.2, 0.25) is 11.6 Å². The van der Waals surface area contributed by atoms with Crippen LogP contribution in [0.4, 0.5) is 4.79 Å². The van der Waals surface area contributed by atoms with Gasteiger partial charge in [0, 0.05) is 17.8 Å². The smallest absolute Gasteiger partial charge is 0.246 e. The molecule has 19 heavy (non-hydrogen) atoms. The summed E-state index contributed by atoms with van der Waals surface area (Å²) in [7, 11) is 2.02. The van der Waals surface area contributed by atoms with Crippen molar-refractivity contribution in [3.05, 3.63) is 0 Å². The minimum Gasteiger partial charge on any atom is -0.377 e. The Morgan fingerprint density at radius 2 is 1.79 bits per heavy atom. The molecule has 0 bridgehead atoms. The molecule has 2 N–H and O–H groups in total. The molecule has 1 unspecified atom stereocenters. The third-order valence-electron chi connectivity index (χ3n) is 1.87. The van der Waals surface area contributed by atoms with Gasteiger partial charge in [-0.2, -0.15) is 12.6 Å². The van der Waals surface area contributed by atoms with Gasteiger partial charge < -0.3 is 20.1 Å². The Morgan fingerprint density at radius 1 is 1.16 bits per heavy atom. The topological polar surface area (TPSA) is 76.7 Å². The van der Waals surface area contributed by atoms with Crippen molar-refractivity contribution >= 4 is 33.4 Å². The highest BCUT2D eigenvalue weighted by Crippen LogP contribution is 2.08. The normalized spacial score (nSPS) is 11.2. The zero-order chi connectivity index (χ0) is 14.7. The highest BCUT2D eigenvalue weighted by molar-refractivity contribution is 7.81. The van der Waals surface area contributed by atoms with Gasteiger partial charge in [0.25, 0.3) is 0 Å². The number of hydrogen-bond donors (Lipinski definition) is 3. The van der Waals surface area contributed by atoms with E-state index in [2.05, 4.69) is 23.3 Å². The van der Waals surface area contributed by atoms with Crippen LogP contribution in [0.1, 0.15) is 13.8 Å². The summed E-state index contributed by atoms with van der Waals surface area (Å²) in [5.41, 5.74) is -0.163. The van der Waals surface area contributed by atoms with Gasteiger partial charge in [0.1, 0.15) is 6.61 Å². The predicted octanol–water partition coefficient (Wildman–Crippen LogP) is 0.429. The zero-order valence-corrected chi connectivity index (χ0v) is 13.4. The SMILES string of the molecule is CC(C)(S)CNC(=O)COCCOCCNC(=O)P. The van der Waals surface area contributed by atoms with E-state index in [1.165, 1.54) is 0 Å². The van der Waals surface area contributed by atoms with Crippen LogP contribution in [0.25, 0.3) is 0 Å². The maximum Gasteiger partial charge on any atom is 0.246 e. The second-order valence-electron chi connectivity index (χ2n) is 4.55. The average Bonchev–Trinajstić information content (AvgIpc) is 2.28. The summed E-state index contributed by atoms with van der Waals surface area (Å²) in [6.07, 6.45) is 0. The standard InChI is InChI=1S/C11H23N2O4PS/c1-11(2,19)8-13-9(14)7-17-6-5-16-4-3-12-10(15)18/h19H,3-8,18H2,1-2H3,(H,12,15)(H,13,14). The minimum atomic E-state index is -0.235. The Labute approximate surface area is 122 Å². The van der Waals surface area contributed by atoms with Crippen molar-refractivity contribution in [1.29, 1.82) is 0 Å². The summed E-state index contributed by atoms with van der Waals surface area (Å²) in [6, 6.07) is 0. The van der Waals surface area contributed by atoms with Crippen LogP contribution >= 0.6 is 21.9 Å². The quantitative estimate of drug-likeness (QED) is 0.311. The van der Waals surface area contributed by atoms with Gasteiger partial charge in [-0.15, -0.1) is 0 Å². The Kier molecular flexibility index (Phi) is 10.2. The van der Waals surface area contributed by atoms with Crippen LogP contribution in [-0.4, -0.2) is 55.8 Å². The predicted molar refractivity (Wildman–Crippen MR) is 80.8 cm³/mol. The Bertz CT molecular complexity index is 284. The van der Waals surface area contributed by atoms with E-state index in [0.717, 1.165) is 0 Å². The van der Waals surface area contributed by atoms with E-state index in [4.69, 9.17) is 9.47 Å². The van der Waals surface area contributed by atoms with Gasteiger partial charge in [0.15, 0.2) is 0 Å². The molecule has 0 saturated carbocycles. The molecular weight excluding hydrogens is 287 g/mol. The Balaban J connectivity index is 3.30. The molecule has 1 atom stereocenters. The van der Waals surface area contributed by atoms with Crippen LogP contribution < -0.4 is 10.6 Å². The summed E-state index contributed by atoms with van der Waals surface area (Å²) in [5, 5.41) is 5.29. The first-order chi connectivity index (χ1) is 8.81. The highest BCUT2D eigenvalue weighted by atomic mass is 32.1. The third-order valence-corrected chi connectivity index (χ3v) is 2.23. The summed E-state index contributed by atoms with van der Waals surface area (Å²) >= 11 is 4.29. The number of carbonyl (C=O) groups is 2. The Hall–Kier alpha value is -0.360. The molecule has 0 aromatic heterocycles. The molecular formula is C11H23N2O4PS. The molecule has 2 amide bonds. The maximum absolute atomic E-state index is 11.3. The average molecular weight is 310 g/mol. The van der Waals surface area contributed by atoms with Crippen LogP contribution in [-0.2, 0) is 14.3 Å². The van der Waals surface area contributed by atoms with Gasteiger partial charge in [-0.25, -0.2) is 0 Å². The lowest BCUT2D eigenvalue weighted by atomic mass is 10.2. The number of carbonyl (C=O) groups excluding carboxylic acids is 2. The van der Waals surface area contributed by atoms with Crippen LogP contribution in [0.15, 0.2) is 0 Å². The summed E-state index contributed by atoms with van der Waals surface area (Å²) < 4.78 is 10.1. The van der Waals surface area contributed by atoms with Crippen molar-refractivity contribution in [1.82, 2.24) is 10.6 Å². The summed E-state index contributed by atoms with van der Waals surface area (Å²) in [4.78, 5) is 21.8. The monoisotopic (exact) mass is 310 g/mol. The minimum absolute atomic E-state index is 0.00948. The van der Waals surface area contributed by atoms with E-state index in [-0.39, 0.29) is 22.9 Å². The molecule has 0 aromatic carbocycles. The van der Waals surface area contributed by atoms with Gasteiger partial charge in [-0.1, -0.05) is 0 Å². The first-order valence-corrected chi connectivity index (χ1v) is 7.01. The fraction of sp³-hybridized carbons (Fsp3) is 0.818. The molecule has 0 aliphatic heterocycles. The largest absolute Gasteiger partial charge is 0.377 e. The van der Waals surface area contributed by atoms with Crippen molar-refractivity contribution in [3.63, 3.8) is 0 Å². The van der Waals surface area contributed by atoms with E-state index in [1.54, 1.807) is 0 Å². The van der Waals surface area contributed by atoms with E-state index in [0.29, 0.717) is 32.9 Å². The van der Waals surface area contributed by atoms with Gasteiger partial charge >= 0.3 is 0 Å². The van der Waals surface area contributed by atoms with E-state index in [1.807, 2.05) is 23.1 Å². The number of ether oxygens (including phenoxy) is 2. The maximum atomic E-state index is 11.3. The van der Waals surface area contributed by atoms with Gasteiger partial charge in [0.05, 0.1) is 19.8 Å². The summed E-state index contributed by atoms with van der Waals surface area (Å²) in [5.74, 6) is -0.169. The van der Waals surface area contributed by atoms with Crippen LogP contribution in [0.5, 0.6) is 0 Å². The van der Waals surface area contributed by atoms with Crippen LogP contribution in [0.2, 0.25) is 0 Å². The lowest BCUT2D eigenvalue weighted by Crippen LogP contribution is -2.37. The lowest BCUT2D eigenvalue weighted by molar-refractivity contribution is -0.126. The molecule has 0 fully saturated rings. The molecule has 0 saturated heterocycles. The van der Waals surface area contributed by atoms with Crippen molar-refractivity contribution in [2.45, 2.75) is 18.6 Å². The highest BCUT2D eigenvalue weighted by Gasteiger charge is 2.12. The van der Waals surface area contributed by atoms with Crippen LogP contribution in [0.3, 0.4) is 0 Å². The first-order valence-electron chi connectivity index (χ1n) is 5.99. The van der Waals surface area contributed by atoms with Crippen molar-refractivity contribution in [2.75, 3.05) is 39.5 Å². The van der Waals surface area contributed by atoms with Gasteiger partial charge in [-0.05, 0) is 23.1 Å². The molecule has 112 valence electrons. The molecule has 8 heteroatoms. The number of hydrogen-bond acceptors (Lipinski definition) is 5. The number of thiol groups is 1. The number of nitrogens with one attached hydrogen (secondary N) is 2. The molecule has 6 nitrogen and oxygen atoms in total. The molecule has 0 rings (SSSR count). The molecule has 0 aromatic rings. The zero-order valence-electron chi connectivity index (χ0n) is 11.4. The second kappa shape index (κ2) is 10.4. The molecule has 0 spiro atoms. The first kappa shape index (κ1) is 18.6. The fourth-order valence-corrected chi connectivity index (χ4v) is 1.22. The molecule has 0 aliphatic rings. The Morgan fingerprint density at radius 3 is 2.37 bits per heavy atom. The van der Waals surface area contributed by atoms with Crippen molar-refractivity contribution in [2.24, 2.45) is 0 Å². The van der Waals surface area contributed by atoms with Crippen molar-refractivity contribution < 1.29 is 19.1 Å².